The van der Waals surface area contributed by atoms with Crippen LogP contribution in [-0.4, -0.2) is 43.7 Å². The van der Waals surface area contributed by atoms with E-state index < -0.39 is 47.7 Å². The van der Waals surface area contributed by atoms with E-state index in [2.05, 4.69) is 10.6 Å². The lowest BCUT2D eigenvalue weighted by Crippen LogP contribution is -2.26. The van der Waals surface area contributed by atoms with E-state index in [1.807, 2.05) is 0 Å². The quantitative estimate of drug-likeness (QED) is 0.200. The zero-order chi connectivity index (χ0) is 29.4. The molecule has 0 radical (unpaired) electrons. The van der Waals surface area contributed by atoms with Crippen molar-refractivity contribution in [3.63, 3.8) is 0 Å². The highest BCUT2D eigenvalue weighted by Crippen LogP contribution is 2.36. The third kappa shape index (κ3) is 8.33. The Hall–Kier alpha value is -3.83. The van der Waals surface area contributed by atoms with Gasteiger partial charge in [0.1, 0.15) is 11.6 Å². The van der Waals surface area contributed by atoms with Crippen molar-refractivity contribution in [2.75, 3.05) is 25.1 Å². The van der Waals surface area contributed by atoms with Gasteiger partial charge in [-0.15, -0.1) is 0 Å². The Balaban J connectivity index is 1.91. The average molecular weight is 601 g/mol. The number of ether oxygens (including phenoxy) is 2. The van der Waals surface area contributed by atoms with Gasteiger partial charge in [-0.25, -0.2) is 4.39 Å². The van der Waals surface area contributed by atoms with E-state index in [9.17, 15) is 31.9 Å². The van der Waals surface area contributed by atoms with Gasteiger partial charge >= 0.3 is 12.1 Å². The monoisotopic (exact) mass is 600 g/mol. The maximum atomic E-state index is 14.2. The predicted molar refractivity (Wildman–Crippen MR) is 141 cm³/mol. The van der Waals surface area contributed by atoms with Gasteiger partial charge < -0.3 is 20.1 Å². The van der Waals surface area contributed by atoms with E-state index in [4.69, 9.17) is 32.7 Å². The Morgan fingerprint density at radius 1 is 0.950 bits per heavy atom. The maximum absolute atomic E-state index is 14.2. The summed E-state index contributed by atoms with van der Waals surface area (Å²) in [5.74, 6) is -3.33. The minimum absolute atomic E-state index is 0.0193. The number of anilines is 1. The topological polar surface area (TPSA) is 93.7 Å². The summed E-state index contributed by atoms with van der Waals surface area (Å²) in [5.41, 5.74) is -0.00880. The molecular weight excluding hydrogens is 579 g/mol. The van der Waals surface area contributed by atoms with Crippen LogP contribution in [0.15, 0.2) is 54.6 Å². The molecule has 0 aliphatic heterocycles. The van der Waals surface area contributed by atoms with Gasteiger partial charge in [0.25, 0.3) is 11.8 Å². The van der Waals surface area contributed by atoms with Crippen LogP contribution in [-0.2, 0) is 9.53 Å². The minimum atomic E-state index is -4.70. The largest absolute Gasteiger partial charge is 0.482 e. The first kappa shape index (κ1) is 30.7. The van der Waals surface area contributed by atoms with Crippen molar-refractivity contribution in [2.24, 2.45) is 0 Å². The zero-order valence-corrected chi connectivity index (χ0v) is 22.3. The first-order valence-corrected chi connectivity index (χ1v) is 12.5. The number of benzene rings is 3. The van der Waals surface area contributed by atoms with Gasteiger partial charge in [0.15, 0.2) is 6.61 Å². The van der Waals surface area contributed by atoms with Gasteiger partial charge in [0.05, 0.1) is 29.3 Å². The summed E-state index contributed by atoms with van der Waals surface area (Å²) in [6.45, 7) is 0.202. The van der Waals surface area contributed by atoms with E-state index in [1.165, 1.54) is 48.5 Å². The number of amides is 2. The second-order valence-electron chi connectivity index (χ2n) is 8.17. The molecule has 13 heteroatoms. The summed E-state index contributed by atoms with van der Waals surface area (Å²) in [7, 11) is 0. The van der Waals surface area contributed by atoms with Gasteiger partial charge in [0, 0.05) is 22.7 Å². The summed E-state index contributed by atoms with van der Waals surface area (Å²) < 4.78 is 62.8. The molecule has 0 fully saturated rings. The van der Waals surface area contributed by atoms with Crippen LogP contribution < -0.4 is 15.4 Å². The van der Waals surface area contributed by atoms with Crippen LogP contribution in [0, 0.1) is 5.82 Å². The van der Waals surface area contributed by atoms with E-state index in [0.29, 0.717) is 0 Å². The van der Waals surface area contributed by atoms with E-state index in [0.717, 1.165) is 6.07 Å². The number of carbonyl (C=O) groups excluding carboxylic acids is 3. The van der Waals surface area contributed by atoms with Crippen molar-refractivity contribution >= 4 is 46.7 Å². The number of carbonyl (C=O) groups is 3. The summed E-state index contributed by atoms with van der Waals surface area (Å²) in [6, 6.07) is 11.7. The van der Waals surface area contributed by atoms with Gasteiger partial charge in [-0.2, -0.15) is 13.2 Å². The lowest BCUT2D eigenvalue weighted by molar-refractivity contribution is -0.153. The molecule has 2 amide bonds. The molecule has 0 saturated heterocycles. The van der Waals surface area contributed by atoms with Crippen molar-refractivity contribution < 1.29 is 41.4 Å². The average Bonchev–Trinajstić information content (AvgIpc) is 2.88. The number of hydrogen-bond donors (Lipinski definition) is 2. The Kier molecular flexibility index (Phi) is 10.4. The molecule has 212 valence electrons. The third-order valence-corrected chi connectivity index (χ3v) is 5.92. The normalized spacial score (nSPS) is 11.1. The molecule has 0 spiro atoms. The molecule has 0 saturated carbocycles. The molecule has 0 heterocycles. The van der Waals surface area contributed by atoms with Crippen LogP contribution in [0.2, 0.25) is 10.0 Å². The van der Waals surface area contributed by atoms with Gasteiger partial charge in [-0.05, 0) is 55.0 Å². The van der Waals surface area contributed by atoms with Crippen LogP contribution in [0.1, 0.15) is 34.1 Å². The van der Waals surface area contributed by atoms with Crippen LogP contribution in [0.4, 0.5) is 23.2 Å². The number of alkyl halides is 3. The second kappa shape index (κ2) is 13.5. The summed E-state index contributed by atoms with van der Waals surface area (Å²) >= 11 is 12.2. The van der Waals surface area contributed by atoms with Gasteiger partial charge in [-0.3, -0.25) is 14.4 Å². The molecule has 0 aliphatic carbocycles. The highest BCUT2D eigenvalue weighted by molar-refractivity contribution is 6.34. The Labute approximate surface area is 236 Å². The first-order chi connectivity index (χ1) is 18.9. The van der Waals surface area contributed by atoms with Crippen LogP contribution in [0.5, 0.6) is 5.75 Å². The summed E-state index contributed by atoms with van der Waals surface area (Å²) in [4.78, 5) is 36.7. The summed E-state index contributed by atoms with van der Waals surface area (Å²) in [5, 5.41) is 4.86. The minimum Gasteiger partial charge on any atom is -0.482 e. The van der Waals surface area contributed by atoms with E-state index in [-0.39, 0.29) is 52.0 Å². The molecule has 0 aliphatic rings. The van der Waals surface area contributed by atoms with Crippen LogP contribution >= 0.6 is 23.2 Å². The van der Waals surface area contributed by atoms with Crippen molar-refractivity contribution in [1.29, 1.82) is 0 Å². The second-order valence-corrected chi connectivity index (χ2v) is 8.99. The lowest BCUT2D eigenvalue weighted by atomic mass is 10.0. The van der Waals surface area contributed by atoms with E-state index in [1.54, 1.807) is 6.92 Å². The molecule has 2 N–H and O–H groups in total. The maximum Gasteiger partial charge on any atom is 0.422 e. The fourth-order valence-corrected chi connectivity index (χ4v) is 3.95. The van der Waals surface area contributed by atoms with Gasteiger partial charge in [0.2, 0.25) is 0 Å². The van der Waals surface area contributed by atoms with Crippen LogP contribution in [0.3, 0.4) is 0 Å². The zero-order valence-electron chi connectivity index (χ0n) is 20.8. The lowest BCUT2D eigenvalue weighted by Gasteiger charge is -2.17. The number of nitrogens with one attached hydrogen (secondary N) is 2. The van der Waals surface area contributed by atoms with Crippen molar-refractivity contribution in [1.82, 2.24) is 5.32 Å². The fraction of sp³-hybridized carbons (Fsp3) is 0.222. The van der Waals surface area contributed by atoms with E-state index >= 15 is 0 Å². The number of hydrogen-bond acceptors (Lipinski definition) is 5. The van der Waals surface area contributed by atoms with Crippen LogP contribution in [0.25, 0.3) is 11.1 Å². The summed E-state index contributed by atoms with van der Waals surface area (Å²) in [6.07, 6.45) is -4.74. The molecule has 7 nitrogen and oxygen atoms in total. The SMILES string of the molecule is CCOC(=O)CCNC(=O)c1ccc(Cl)c(-c2ccc(NC(=O)c3c(F)cccc3Cl)c(OCC(F)(F)F)c2)c1. The molecular formula is C27H22Cl2F4N2O5. The highest BCUT2D eigenvalue weighted by Gasteiger charge is 2.29. The smallest absolute Gasteiger partial charge is 0.422 e. The first-order valence-electron chi connectivity index (χ1n) is 11.7. The molecule has 3 rings (SSSR count). The van der Waals surface area contributed by atoms with Crippen molar-refractivity contribution in [3.8, 4) is 16.9 Å². The molecule has 0 unspecified atom stereocenters. The Morgan fingerprint density at radius 2 is 1.70 bits per heavy atom. The standard InChI is InChI=1S/C27H22Cl2F4N2O5/c1-2-39-23(36)10-11-34-25(37)16-6-8-18(28)17(12-16)15-7-9-21(22(13-15)40-14-27(31,32)33)35-26(38)24-19(29)4-3-5-20(24)30/h3-9,12-13H,2,10-11,14H2,1H3,(H,34,37)(H,35,38). The molecule has 0 bridgehead atoms. The molecule has 3 aromatic carbocycles. The molecule has 40 heavy (non-hydrogen) atoms. The molecule has 0 atom stereocenters. The number of halogens is 6. The predicted octanol–water partition coefficient (Wildman–Crippen LogP) is 6.68. The number of rotatable bonds is 10. The fourth-order valence-electron chi connectivity index (χ4n) is 3.47. The molecule has 0 aromatic heterocycles. The highest BCUT2D eigenvalue weighted by atomic mass is 35.5. The van der Waals surface area contributed by atoms with Crippen molar-refractivity contribution in [3.05, 3.63) is 81.6 Å². The van der Waals surface area contributed by atoms with Crippen molar-refractivity contribution in [2.45, 2.75) is 19.5 Å². The Morgan fingerprint density at radius 3 is 2.38 bits per heavy atom. The number of esters is 1. The molecule has 3 aromatic rings. The third-order valence-electron chi connectivity index (χ3n) is 5.27. The Bertz CT molecular complexity index is 1400. The van der Waals surface area contributed by atoms with Gasteiger partial charge in [-0.1, -0.05) is 35.3 Å².